The molecule has 0 atom stereocenters. The van der Waals surface area contributed by atoms with Crippen molar-refractivity contribution in [3.05, 3.63) is 63.5 Å². The van der Waals surface area contributed by atoms with Crippen LogP contribution in [0.3, 0.4) is 0 Å². The lowest BCUT2D eigenvalue weighted by atomic mass is 10.1. The van der Waals surface area contributed by atoms with Crippen molar-refractivity contribution in [2.45, 2.75) is 13.3 Å². The van der Waals surface area contributed by atoms with Crippen molar-refractivity contribution in [1.29, 1.82) is 0 Å². The lowest BCUT2D eigenvalue weighted by molar-refractivity contribution is -0.120. The molecule has 0 saturated carbocycles. The Hall–Kier alpha value is -2.08. The number of carbonyl (C=O) groups excluding carboxylic acids is 1. The zero-order chi connectivity index (χ0) is 18.8. The van der Waals surface area contributed by atoms with E-state index in [9.17, 15) is 9.18 Å². The van der Waals surface area contributed by atoms with Gasteiger partial charge in [-0.2, -0.15) is 0 Å². The van der Waals surface area contributed by atoms with Crippen LogP contribution in [-0.2, 0) is 11.2 Å². The molecule has 2 N–H and O–H groups in total. The molecule has 2 aromatic carbocycles. The number of aliphatic hydroxyl groups is 1. The standard InChI is InChI=1S/C19H17Cl2FN2O2/c1-11-10-24(19-15(11)8-13(20)9-16(19)21)14-2-3-17(22)12(6-14)7-18(26)23-4-5-25/h2-3,6,8-10,25H,4-5,7H2,1H3,(H,23,26). The van der Waals surface area contributed by atoms with Gasteiger partial charge >= 0.3 is 0 Å². The minimum Gasteiger partial charge on any atom is -0.395 e. The number of amides is 1. The van der Waals surface area contributed by atoms with Crippen LogP contribution >= 0.6 is 23.2 Å². The van der Waals surface area contributed by atoms with E-state index >= 15 is 0 Å². The topological polar surface area (TPSA) is 54.3 Å². The lowest BCUT2D eigenvalue weighted by Crippen LogP contribution is -2.28. The molecular weight excluding hydrogens is 378 g/mol. The summed E-state index contributed by atoms with van der Waals surface area (Å²) >= 11 is 12.5. The van der Waals surface area contributed by atoms with E-state index in [1.165, 1.54) is 6.07 Å². The van der Waals surface area contributed by atoms with E-state index in [-0.39, 0.29) is 31.0 Å². The van der Waals surface area contributed by atoms with Crippen LogP contribution in [0.25, 0.3) is 16.6 Å². The molecule has 0 aliphatic carbocycles. The molecule has 3 aromatic rings. The average molecular weight is 395 g/mol. The molecule has 1 amide bonds. The SMILES string of the molecule is Cc1cn(-c2ccc(F)c(CC(=O)NCCO)c2)c2c(Cl)cc(Cl)cc12. The van der Waals surface area contributed by atoms with Crippen molar-refractivity contribution in [3.63, 3.8) is 0 Å². The van der Waals surface area contributed by atoms with Crippen molar-refractivity contribution in [1.82, 2.24) is 9.88 Å². The van der Waals surface area contributed by atoms with Gasteiger partial charge in [-0.1, -0.05) is 23.2 Å². The molecule has 0 fully saturated rings. The first-order valence-electron chi connectivity index (χ1n) is 8.03. The maximum Gasteiger partial charge on any atom is 0.224 e. The molecule has 0 aliphatic rings. The van der Waals surface area contributed by atoms with Crippen LogP contribution in [0.5, 0.6) is 0 Å². The molecule has 1 aromatic heterocycles. The van der Waals surface area contributed by atoms with Gasteiger partial charge in [-0.15, -0.1) is 0 Å². The third-order valence-electron chi connectivity index (χ3n) is 4.11. The Morgan fingerprint density at radius 3 is 2.77 bits per heavy atom. The van der Waals surface area contributed by atoms with Crippen LogP contribution < -0.4 is 5.32 Å². The van der Waals surface area contributed by atoms with Gasteiger partial charge in [0.1, 0.15) is 5.82 Å². The highest BCUT2D eigenvalue weighted by atomic mass is 35.5. The quantitative estimate of drug-likeness (QED) is 0.685. The summed E-state index contributed by atoms with van der Waals surface area (Å²) in [6, 6.07) is 8.08. The number of hydrogen-bond donors (Lipinski definition) is 2. The summed E-state index contributed by atoms with van der Waals surface area (Å²) in [6.45, 7) is 1.92. The van der Waals surface area contributed by atoms with Gasteiger partial charge in [0.05, 0.1) is 23.6 Å². The van der Waals surface area contributed by atoms with Crippen LogP contribution in [-0.4, -0.2) is 28.7 Å². The number of benzene rings is 2. The Labute approximate surface area is 160 Å². The Morgan fingerprint density at radius 2 is 2.04 bits per heavy atom. The van der Waals surface area contributed by atoms with Gasteiger partial charge in [-0.25, -0.2) is 4.39 Å². The molecule has 0 radical (unpaired) electrons. The number of aliphatic hydroxyl groups excluding tert-OH is 1. The minimum atomic E-state index is -0.463. The van der Waals surface area contributed by atoms with E-state index in [1.807, 2.05) is 23.8 Å². The zero-order valence-electron chi connectivity index (χ0n) is 14.0. The molecule has 0 spiro atoms. The molecule has 4 nitrogen and oxygen atoms in total. The summed E-state index contributed by atoms with van der Waals surface area (Å²) in [5.41, 5.74) is 2.72. The van der Waals surface area contributed by atoms with Crippen molar-refractivity contribution in [2.24, 2.45) is 0 Å². The van der Waals surface area contributed by atoms with E-state index < -0.39 is 5.82 Å². The molecule has 3 rings (SSSR count). The predicted octanol–water partition coefficient (Wildman–Crippen LogP) is 4.04. The third kappa shape index (κ3) is 3.70. The number of halogens is 3. The predicted molar refractivity (Wildman–Crippen MR) is 102 cm³/mol. The maximum atomic E-state index is 14.1. The monoisotopic (exact) mass is 394 g/mol. The molecule has 0 aliphatic heterocycles. The van der Waals surface area contributed by atoms with Crippen LogP contribution in [0.15, 0.2) is 36.5 Å². The van der Waals surface area contributed by atoms with E-state index in [0.717, 1.165) is 16.5 Å². The average Bonchev–Trinajstić information content (AvgIpc) is 2.92. The fraction of sp³-hybridized carbons (Fsp3) is 0.211. The Balaban J connectivity index is 2.04. The number of hydrogen-bond acceptors (Lipinski definition) is 2. The lowest BCUT2D eigenvalue weighted by Gasteiger charge is -2.10. The van der Waals surface area contributed by atoms with Gasteiger partial charge in [0.25, 0.3) is 0 Å². The summed E-state index contributed by atoms with van der Waals surface area (Å²) in [7, 11) is 0. The van der Waals surface area contributed by atoms with Crippen molar-refractivity contribution >= 4 is 40.0 Å². The van der Waals surface area contributed by atoms with Gasteiger partial charge in [-0.05, 0) is 48.4 Å². The van der Waals surface area contributed by atoms with Gasteiger partial charge in [-0.3, -0.25) is 4.79 Å². The molecule has 7 heteroatoms. The van der Waals surface area contributed by atoms with E-state index in [2.05, 4.69) is 5.32 Å². The fourth-order valence-electron chi connectivity index (χ4n) is 2.92. The highest BCUT2D eigenvalue weighted by molar-refractivity contribution is 6.38. The van der Waals surface area contributed by atoms with Gasteiger partial charge < -0.3 is 15.0 Å². The van der Waals surface area contributed by atoms with Crippen molar-refractivity contribution < 1.29 is 14.3 Å². The summed E-state index contributed by atoms with van der Waals surface area (Å²) < 4.78 is 16.0. The van der Waals surface area contributed by atoms with E-state index in [1.54, 1.807) is 18.2 Å². The summed E-state index contributed by atoms with van der Waals surface area (Å²) in [6.07, 6.45) is 1.78. The summed E-state index contributed by atoms with van der Waals surface area (Å²) in [5.74, 6) is -0.816. The van der Waals surface area contributed by atoms with Gasteiger partial charge in [0.15, 0.2) is 0 Å². The molecule has 26 heavy (non-hydrogen) atoms. The van der Waals surface area contributed by atoms with Gasteiger partial charge in [0, 0.05) is 28.8 Å². The summed E-state index contributed by atoms with van der Waals surface area (Å²) in [5, 5.41) is 13.2. The minimum absolute atomic E-state index is 0.114. The molecule has 0 saturated heterocycles. The maximum absolute atomic E-state index is 14.1. The molecule has 136 valence electrons. The number of fused-ring (bicyclic) bond motifs is 1. The highest BCUT2D eigenvalue weighted by Gasteiger charge is 2.14. The van der Waals surface area contributed by atoms with E-state index in [4.69, 9.17) is 28.3 Å². The Bertz CT molecular complexity index is 985. The normalized spacial score (nSPS) is 11.1. The molecular formula is C19H17Cl2FN2O2. The fourth-order valence-corrected chi connectivity index (χ4v) is 3.50. The zero-order valence-corrected chi connectivity index (χ0v) is 15.5. The Kier molecular flexibility index (Phi) is 5.51. The largest absolute Gasteiger partial charge is 0.395 e. The molecule has 0 bridgehead atoms. The van der Waals surface area contributed by atoms with Crippen molar-refractivity contribution in [2.75, 3.05) is 13.2 Å². The van der Waals surface area contributed by atoms with Crippen LogP contribution in [0.2, 0.25) is 10.0 Å². The second-order valence-corrected chi connectivity index (χ2v) is 6.84. The number of nitrogens with zero attached hydrogens (tertiary/aromatic N) is 1. The van der Waals surface area contributed by atoms with Crippen LogP contribution in [0, 0.1) is 12.7 Å². The van der Waals surface area contributed by atoms with E-state index in [0.29, 0.717) is 15.7 Å². The molecule has 0 unspecified atom stereocenters. The first-order chi connectivity index (χ1) is 12.4. The highest BCUT2D eigenvalue weighted by Crippen LogP contribution is 2.33. The second kappa shape index (κ2) is 7.66. The second-order valence-electron chi connectivity index (χ2n) is 5.99. The number of carbonyl (C=O) groups is 1. The first kappa shape index (κ1) is 18.7. The van der Waals surface area contributed by atoms with Crippen molar-refractivity contribution in [3.8, 4) is 5.69 Å². The van der Waals surface area contributed by atoms with Gasteiger partial charge in [0.2, 0.25) is 5.91 Å². The Morgan fingerprint density at radius 1 is 1.27 bits per heavy atom. The van der Waals surface area contributed by atoms with Crippen LogP contribution in [0.1, 0.15) is 11.1 Å². The van der Waals surface area contributed by atoms with Crippen LogP contribution in [0.4, 0.5) is 4.39 Å². The number of aromatic nitrogens is 1. The third-order valence-corrected chi connectivity index (χ3v) is 4.62. The first-order valence-corrected chi connectivity index (χ1v) is 8.79. The smallest absolute Gasteiger partial charge is 0.224 e. The summed E-state index contributed by atoms with van der Waals surface area (Å²) in [4.78, 5) is 11.8. The molecule has 1 heterocycles. The number of rotatable bonds is 5. The number of nitrogens with one attached hydrogen (secondary N) is 1. The number of aryl methyl sites for hydroxylation is 1.